The summed E-state index contributed by atoms with van der Waals surface area (Å²) in [5.74, 6) is -4.14. The average molecular weight is 514 g/mol. The number of nitrogens with zero attached hydrogens (tertiary/aromatic N) is 1. The third-order valence-corrected chi connectivity index (χ3v) is 6.30. The first-order chi connectivity index (χ1) is 16.2. The van der Waals surface area contributed by atoms with Crippen molar-refractivity contribution in [1.29, 1.82) is 0 Å². The van der Waals surface area contributed by atoms with Crippen molar-refractivity contribution in [3.05, 3.63) is 55.7 Å². The molecule has 5 atom stereocenters. The van der Waals surface area contributed by atoms with Crippen LogP contribution in [-0.2, 0) is 31.6 Å². The van der Waals surface area contributed by atoms with E-state index in [4.69, 9.17) is 41.7 Å². The van der Waals surface area contributed by atoms with Gasteiger partial charge in [-0.05, 0) is 18.2 Å². The monoisotopic (exact) mass is 513 g/mol. The number of ether oxygens (including phenoxy) is 1. The molecule has 1 aromatic heterocycles. The smallest absolute Gasteiger partial charge is 0.404 e. The molecule has 174 valence electrons. The number of phosphoric acid groups is 1. The number of benzene rings is 1. The van der Waals surface area contributed by atoms with Crippen LogP contribution in [0.5, 0.6) is 5.75 Å². The minimum Gasteiger partial charge on any atom is -0.404 e. The Hall–Kier alpha value is -1.67. The number of aromatic nitrogens is 2. The number of rotatable bonds is 5. The first kappa shape index (κ1) is 19.8. The van der Waals surface area contributed by atoms with Crippen molar-refractivity contribution in [2.45, 2.75) is 37.5 Å². The fraction of sp³-hybridized carbons (Fsp3) is 0.412. The predicted octanol–water partition coefficient (Wildman–Crippen LogP) is 1.70. The van der Waals surface area contributed by atoms with E-state index < -0.39 is 57.6 Å². The fourth-order valence-electron chi connectivity index (χ4n) is 2.88. The van der Waals surface area contributed by atoms with Crippen LogP contribution in [0.15, 0.2) is 29.2 Å². The predicted molar refractivity (Wildman–Crippen MR) is 108 cm³/mol. The van der Waals surface area contributed by atoms with Crippen LogP contribution in [0.1, 0.15) is 21.4 Å². The number of phosphoric ester groups is 1. The molecule has 2 aliphatic heterocycles. The first-order valence-corrected chi connectivity index (χ1v) is 11.1. The first-order valence-electron chi connectivity index (χ1n) is 10.3. The molecule has 4 rings (SSSR count). The Morgan fingerprint density at radius 3 is 3.00 bits per heavy atom. The molecule has 0 bridgehead atoms. The van der Waals surface area contributed by atoms with Crippen molar-refractivity contribution in [2.24, 2.45) is 0 Å². The van der Waals surface area contributed by atoms with Crippen molar-refractivity contribution < 1.29 is 46.7 Å². The van der Waals surface area contributed by atoms with Gasteiger partial charge >= 0.3 is 13.5 Å². The highest BCUT2D eigenvalue weighted by molar-refractivity contribution is 7.71. The van der Waals surface area contributed by atoms with E-state index in [2.05, 4.69) is 9.51 Å². The van der Waals surface area contributed by atoms with E-state index in [1.807, 2.05) is 0 Å². The fourth-order valence-corrected chi connectivity index (χ4v) is 4.37. The van der Waals surface area contributed by atoms with Crippen molar-refractivity contribution in [3.63, 3.8) is 0 Å². The summed E-state index contributed by atoms with van der Waals surface area (Å²) in [6, 6.07) is 4.09. The molecule has 0 amide bonds. The van der Waals surface area contributed by atoms with Crippen LogP contribution in [0.4, 0.5) is 4.39 Å². The van der Waals surface area contributed by atoms with Gasteiger partial charge in [-0.3, -0.25) is 18.6 Å². The highest BCUT2D eigenvalue weighted by Gasteiger charge is 2.57. The Balaban J connectivity index is 1.68. The molecule has 32 heavy (non-hydrogen) atoms. The molecule has 1 fully saturated rings. The molecule has 0 spiro atoms. The number of aliphatic hydroxyl groups excluding tert-OH is 3. The molecule has 1 unspecified atom stereocenters. The molecule has 0 saturated carbocycles. The minimum atomic E-state index is -4.88. The van der Waals surface area contributed by atoms with Gasteiger partial charge in [0.1, 0.15) is 29.2 Å². The van der Waals surface area contributed by atoms with Gasteiger partial charge in [0.2, 0.25) is 0 Å². The summed E-state index contributed by atoms with van der Waals surface area (Å²) in [6.45, 7) is -5.01. The highest BCUT2D eigenvalue weighted by atomic mass is 35.5. The number of aromatic amines is 1. The molecular formula is C17H17ClFN2O9PS. The molecule has 15 heteroatoms. The number of hydrogen-bond acceptors (Lipinski definition) is 10. The maximum absolute atomic E-state index is 15.9. The second-order valence-electron chi connectivity index (χ2n) is 6.67. The van der Waals surface area contributed by atoms with Crippen molar-refractivity contribution in [1.82, 2.24) is 9.55 Å². The SMILES string of the molecule is [2H]C([2H])(OP1(=O)OCc2cc(Cl)ccc2O1)[C@@]1(F)O[C@@]([2H])(n2cc(CO)c(=S)[nH]c2=O)[C@H](O)[C@@H]1O. The van der Waals surface area contributed by atoms with Gasteiger partial charge in [0.15, 0.2) is 6.20 Å². The second-order valence-corrected chi connectivity index (χ2v) is 9.04. The third-order valence-electron chi connectivity index (χ3n) is 4.52. The van der Waals surface area contributed by atoms with Gasteiger partial charge in [0.05, 0.1) is 17.3 Å². The molecule has 2 aromatic rings. The lowest BCUT2D eigenvalue weighted by atomic mass is 10.1. The second kappa shape index (κ2) is 8.60. The molecule has 0 radical (unpaired) electrons. The van der Waals surface area contributed by atoms with Crippen molar-refractivity contribution in [3.8, 4) is 5.75 Å². The Labute approximate surface area is 193 Å². The van der Waals surface area contributed by atoms with Gasteiger partial charge in [-0.2, -0.15) is 0 Å². The van der Waals surface area contributed by atoms with E-state index in [0.29, 0.717) is 10.6 Å². The number of fused-ring (bicyclic) bond motifs is 1. The molecule has 4 N–H and O–H groups in total. The number of nitrogens with one attached hydrogen (secondary N) is 1. The lowest BCUT2D eigenvalue weighted by Crippen LogP contribution is -2.43. The molecule has 0 aliphatic carbocycles. The normalized spacial score (nSPS) is 36.0. The van der Waals surface area contributed by atoms with Crippen LogP contribution in [-0.4, -0.2) is 49.5 Å². The summed E-state index contributed by atoms with van der Waals surface area (Å²) in [6.07, 6.45) is -7.84. The number of aliphatic hydroxyl groups is 3. The van der Waals surface area contributed by atoms with Gasteiger partial charge in [0.25, 0.3) is 5.85 Å². The minimum absolute atomic E-state index is 0.0573. The van der Waals surface area contributed by atoms with E-state index >= 15 is 4.39 Å². The molecule has 1 saturated heterocycles. The van der Waals surface area contributed by atoms with E-state index in [1.165, 1.54) is 18.2 Å². The van der Waals surface area contributed by atoms with Gasteiger partial charge in [-0.25, -0.2) is 13.8 Å². The zero-order chi connectivity index (χ0) is 26.0. The maximum Gasteiger partial charge on any atom is 0.530 e. The Bertz CT molecular complexity index is 1350. The number of hydrogen-bond donors (Lipinski definition) is 4. The van der Waals surface area contributed by atoms with E-state index in [1.54, 1.807) is 0 Å². The van der Waals surface area contributed by atoms with Crippen LogP contribution < -0.4 is 10.2 Å². The van der Waals surface area contributed by atoms with Crippen LogP contribution in [0.3, 0.4) is 0 Å². The molecule has 2 aliphatic rings. The van der Waals surface area contributed by atoms with Gasteiger partial charge in [-0.15, -0.1) is 0 Å². The summed E-state index contributed by atoms with van der Waals surface area (Å²) in [7, 11) is -4.88. The standard InChI is InChI=1S/C17H17ClFN2O9PS/c18-10-1-2-11-8(3-10)6-27-31(26,30-11)28-7-17(19)13(24)12(23)15(29-17)21-4-9(5-22)14(32)20-16(21)25/h1-4,12-13,15,22-24H,5-7H2,(H,20,25,32)/t12-,13+,15-,17-,31?/m1/s1/i7D2,15D. The summed E-state index contributed by atoms with van der Waals surface area (Å²) in [5.41, 5.74) is -0.998. The highest BCUT2D eigenvalue weighted by Crippen LogP contribution is 2.56. The molecule has 1 aromatic carbocycles. The van der Waals surface area contributed by atoms with E-state index in [0.717, 1.165) is 6.20 Å². The van der Waals surface area contributed by atoms with Crippen molar-refractivity contribution >= 4 is 31.6 Å². The largest absolute Gasteiger partial charge is 0.530 e. The Kier molecular flexibility index (Phi) is 5.31. The van der Waals surface area contributed by atoms with E-state index in [9.17, 15) is 24.7 Å². The van der Waals surface area contributed by atoms with Crippen molar-refractivity contribution in [2.75, 3.05) is 6.56 Å². The summed E-state index contributed by atoms with van der Waals surface area (Å²) in [5, 5.41) is 30.4. The van der Waals surface area contributed by atoms with Crippen LogP contribution in [0.25, 0.3) is 0 Å². The lowest BCUT2D eigenvalue weighted by Gasteiger charge is -2.28. The van der Waals surface area contributed by atoms with Crippen LogP contribution in [0.2, 0.25) is 5.02 Å². The number of alkyl halides is 1. The zero-order valence-electron chi connectivity index (χ0n) is 18.7. The molecule has 3 heterocycles. The summed E-state index contributed by atoms with van der Waals surface area (Å²) in [4.78, 5) is 14.4. The lowest BCUT2D eigenvalue weighted by molar-refractivity contribution is -0.205. The van der Waals surface area contributed by atoms with E-state index in [-0.39, 0.29) is 20.5 Å². The summed E-state index contributed by atoms with van der Waals surface area (Å²) >= 11 is 10.7. The molecule has 11 nitrogen and oxygen atoms in total. The quantitative estimate of drug-likeness (QED) is 0.343. The Morgan fingerprint density at radius 2 is 2.28 bits per heavy atom. The van der Waals surface area contributed by atoms with Crippen LogP contribution in [0, 0.1) is 4.64 Å². The Morgan fingerprint density at radius 1 is 1.53 bits per heavy atom. The van der Waals surface area contributed by atoms with Gasteiger partial charge in [-0.1, -0.05) is 23.8 Å². The summed E-state index contributed by atoms with van der Waals surface area (Å²) < 4.78 is 72.7. The molecular weight excluding hydrogens is 494 g/mol. The number of halogens is 2. The van der Waals surface area contributed by atoms with Gasteiger partial charge in [0, 0.05) is 22.3 Å². The maximum atomic E-state index is 15.9. The third kappa shape index (κ3) is 4.28. The number of H-pyrrole nitrogens is 1. The topological polar surface area (TPSA) is 152 Å². The van der Waals surface area contributed by atoms with Crippen LogP contribution >= 0.6 is 31.6 Å². The van der Waals surface area contributed by atoms with Gasteiger partial charge < -0.3 is 24.6 Å². The average Bonchev–Trinajstić information content (AvgIpc) is 2.95. The zero-order valence-corrected chi connectivity index (χ0v) is 18.2.